The van der Waals surface area contributed by atoms with Crippen molar-refractivity contribution in [2.24, 2.45) is 15.4 Å². The van der Waals surface area contributed by atoms with Gasteiger partial charge >= 0.3 is 0 Å². The van der Waals surface area contributed by atoms with E-state index in [0.717, 1.165) is 19.3 Å². The Balaban J connectivity index is 4.18. The van der Waals surface area contributed by atoms with Crippen LogP contribution in [0.15, 0.2) is 9.98 Å². The van der Waals surface area contributed by atoms with Crippen LogP contribution in [0.2, 0.25) is 0 Å². The molecule has 0 saturated heterocycles. The molecule has 0 aliphatic heterocycles. The van der Waals surface area contributed by atoms with Gasteiger partial charge in [-0.3, -0.25) is 0 Å². The van der Waals surface area contributed by atoms with Gasteiger partial charge in [0.05, 0.1) is 12.6 Å². The number of aliphatic imine (C=N–C) groups is 2. The van der Waals surface area contributed by atoms with E-state index in [4.69, 9.17) is 0 Å². The van der Waals surface area contributed by atoms with Crippen LogP contribution in [0.4, 0.5) is 0 Å². The van der Waals surface area contributed by atoms with Crippen LogP contribution in [0.5, 0.6) is 0 Å². The van der Waals surface area contributed by atoms with Crippen molar-refractivity contribution in [2.45, 2.75) is 46.1 Å². The van der Waals surface area contributed by atoms with Crippen molar-refractivity contribution >= 4 is 12.2 Å². The molecule has 2 unspecified atom stereocenters. The highest BCUT2D eigenvalue weighted by molar-refractivity contribution is 5.33. The fourth-order valence-electron chi connectivity index (χ4n) is 1.30. The molecular weight excluding hydrogens is 192 g/mol. The molecule has 0 fully saturated rings. The van der Waals surface area contributed by atoms with Crippen molar-refractivity contribution in [3.8, 4) is 0 Å². The Morgan fingerprint density at radius 1 is 1.33 bits per heavy atom. The molecule has 0 bridgehead atoms. The van der Waals surface area contributed by atoms with Gasteiger partial charge < -0.3 is 0 Å². The van der Waals surface area contributed by atoms with Crippen LogP contribution in [0.1, 0.15) is 40.0 Å². The van der Waals surface area contributed by atoms with E-state index in [1.54, 1.807) is 12.2 Å². The minimum atomic E-state index is -0.00594. The average Bonchev–Trinajstić information content (AvgIpc) is 2.24. The lowest BCUT2D eigenvalue weighted by molar-refractivity contribution is 0.281. The van der Waals surface area contributed by atoms with E-state index in [2.05, 4.69) is 23.8 Å². The van der Waals surface area contributed by atoms with Gasteiger partial charge in [0.2, 0.25) is 12.2 Å². The summed E-state index contributed by atoms with van der Waals surface area (Å²) in [7, 11) is 0. The van der Waals surface area contributed by atoms with Crippen LogP contribution >= 0.6 is 0 Å². The monoisotopic (exact) mass is 210 g/mol. The Morgan fingerprint density at radius 3 is 2.47 bits per heavy atom. The smallest absolute Gasteiger partial charge is 0.211 e. The van der Waals surface area contributed by atoms with Crippen molar-refractivity contribution in [1.29, 1.82) is 0 Å². The molecule has 4 nitrogen and oxygen atoms in total. The van der Waals surface area contributed by atoms with Gasteiger partial charge in [-0.1, -0.05) is 13.8 Å². The largest absolute Gasteiger partial charge is 0.235 e. The molecule has 0 radical (unpaired) electrons. The van der Waals surface area contributed by atoms with Crippen molar-refractivity contribution < 1.29 is 9.59 Å². The quantitative estimate of drug-likeness (QED) is 0.478. The summed E-state index contributed by atoms with van der Waals surface area (Å²) < 4.78 is 0. The SMILES string of the molecule is CCC(C)(CCC(C)N=C=O)CN=C=O. The van der Waals surface area contributed by atoms with Gasteiger partial charge in [0.1, 0.15) is 0 Å². The van der Waals surface area contributed by atoms with Crippen LogP contribution < -0.4 is 0 Å². The molecule has 84 valence electrons. The summed E-state index contributed by atoms with van der Waals surface area (Å²) >= 11 is 0. The first kappa shape index (κ1) is 13.8. The molecule has 0 aliphatic carbocycles. The van der Waals surface area contributed by atoms with Crippen molar-refractivity contribution in [3.05, 3.63) is 0 Å². The lowest BCUT2D eigenvalue weighted by Gasteiger charge is -2.26. The van der Waals surface area contributed by atoms with Crippen molar-refractivity contribution in [1.82, 2.24) is 0 Å². The average molecular weight is 210 g/mol. The van der Waals surface area contributed by atoms with E-state index >= 15 is 0 Å². The zero-order chi connectivity index (χ0) is 11.7. The van der Waals surface area contributed by atoms with E-state index in [0.29, 0.717) is 6.54 Å². The fraction of sp³-hybridized carbons (Fsp3) is 0.818. The Kier molecular flexibility index (Phi) is 6.52. The van der Waals surface area contributed by atoms with Gasteiger partial charge in [0.15, 0.2) is 0 Å². The van der Waals surface area contributed by atoms with Crippen molar-refractivity contribution in [3.63, 3.8) is 0 Å². The second-order valence-corrected chi connectivity index (χ2v) is 4.18. The normalized spacial score (nSPS) is 15.7. The summed E-state index contributed by atoms with van der Waals surface area (Å²) in [5, 5.41) is 0. The molecule has 0 heterocycles. The standard InChI is InChI=1S/C11H18N2O2/c1-4-11(3,7-12-8-14)6-5-10(2)13-9-15/h10H,4-7H2,1-3H3. The summed E-state index contributed by atoms with van der Waals surface area (Å²) in [5.74, 6) is 0. The molecule has 0 amide bonds. The van der Waals surface area contributed by atoms with Crippen LogP contribution in [-0.2, 0) is 9.59 Å². The summed E-state index contributed by atoms with van der Waals surface area (Å²) in [5.41, 5.74) is 0.00404. The number of rotatable bonds is 7. The molecule has 0 N–H and O–H groups in total. The third kappa shape index (κ3) is 5.95. The lowest BCUT2D eigenvalue weighted by atomic mass is 9.82. The Labute approximate surface area is 90.5 Å². The van der Waals surface area contributed by atoms with E-state index in [1.165, 1.54) is 0 Å². The molecule has 2 atom stereocenters. The highest BCUT2D eigenvalue weighted by Gasteiger charge is 2.22. The van der Waals surface area contributed by atoms with Crippen LogP contribution in [0, 0.1) is 5.41 Å². The number of hydrogen-bond acceptors (Lipinski definition) is 4. The molecule has 0 rings (SSSR count). The first-order valence-corrected chi connectivity index (χ1v) is 5.18. The lowest BCUT2D eigenvalue weighted by Crippen LogP contribution is -2.20. The van der Waals surface area contributed by atoms with Crippen molar-refractivity contribution in [2.75, 3.05) is 6.54 Å². The van der Waals surface area contributed by atoms with Gasteiger partial charge in [-0.2, -0.15) is 0 Å². The number of carbonyl (C=O) groups excluding carboxylic acids is 2. The van der Waals surface area contributed by atoms with Crippen LogP contribution in [-0.4, -0.2) is 24.7 Å². The number of hydrogen-bond donors (Lipinski definition) is 0. The van der Waals surface area contributed by atoms with E-state index in [9.17, 15) is 9.59 Å². The molecule has 0 aromatic rings. The molecule has 0 aromatic heterocycles. The second kappa shape index (κ2) is 7.10. The van der Waals surface area contributed by atoms with E-state index < -0.39 is 0 Å². The molecule has 15 heavy (non-hydrogen) atoms. The van der Waals surface area contributed by atoms with Gasteiger partial charge in [-0.05, 0) is 31.6 Å². The molecule has 4 heteroatoms. The maximum Gasteiger partial charge on any atom is 0.235 e. The Hall–Kier alpha value is -1.24. The van der Waals surface area contributed by atoms with Gasteiger partial charge in [0.25, 0.3) is 0 Å². The highest BCUT2D eigenvalue weighted by Crippen LogP contribution is 2.28. The molecule has 0 aliphatic rings. The fourth-order valence-corrected chi connectivity index (χ4v) is 1.30. The maximum atomic E-state index is 10.0. The Bertz CT molecular complexity index is 278. The highest BCUT2D eigenvalue weighted by atomic mass is 16.1. The first-order valence-electron chi connectivity index (χ1n) is 5.18. The third-order valence-electron chi connectivity index (χ3n) is 2.82. The predicted octanol–water partition coefficient (Wildman–Crippen LogP) is 2.24. The van der Waals surface area contributed by atoms with E-state index in [1.807, 2.05) is 6.92 Å². The Morgan fingerprint density at radius 2 is 2.00 bits per heavy atom. The van der Waals surface area contributed by atoms with Crippen LogP contribution in [0.3, 0.4) is 0 Å². The zero-order valence-electron chi connectivity index (χ0n) is 9.62. The predicted molar refractivity (Wildman–Crippen MR) is 58.2 cm³/mol. The summed E-state index contributed by atoms with van der Waals surface area (Å²) in [6.07, 6.45) is 5.76. The molecule has 0 spiro atoms. The number of isocyanates is 2. The maximum absolute atomic E-state index is 10.0. The third-order valence-corrected chi connectivity index (χ3v) is 2.82. The second-order valence-electron chi connectivity index (χ2n) is 4.18. The summed E-state index contributed by atoms with van der Waals surface area (Å²) in [6, 6.07) is -0.00594. The summed E-state index contributed by atoms with van der Waals surface area (Å²) in [4.78, 5) is 27.3. The molecule has 0 saturated carbocycles. The first-order chi connectivity index (χ1) is 7.08. The number of nitrogens with zero attached hydrogens (tertiary/aromatic N) is 2. The molecule has 0 aromatic carbocycles. The zero-order valence-corrected chi connectivity index (χ0v) is 9.62. The topological polar surface area (TPSA) is 58.9 Å². The van der Waals surface area contributed by atoms with Gasteiger partial charge in [0, 0.05) is 0 Å². The molecular formula is C11H18N2O2. The minimum Gasteiger partial charge on any atom is -0.211 e. The van der Waals surface area contributed by atoms with Gasteiger partial charge in [-0.25, -0.2) is 19.6 Å². The van der Waals surface area contributed by atoms with E-state index in [-0.39, 0.29) is 11.5 Å². The minimum absolute atomic E-state index is 0.00404. The summed E-state index contributed by atoms with van der Waals surface area (Å²) in [6.45, 7) is 6.51. The van der Waals surface area contributed by atoms with Gasteiger partial charge in [-0.15, -0.1) is 0 Å². The van der Waals surface area contributed by atoms with Crippen LogP contribution in [0.25, 0.3) is 0 Å².